The quantitative estimate of drug-likeness (QED) is 0.417. The Morgan fingerprint density at radius 3 is 2.40 bits per heavy atom. The lowest BCUT2D eigenvalue weighted by Crippen LogP contribution is -2.17. The van der Waals surface area contributed by atoms with E-state index in [2.05, 4.69) is 44.8 Å². The molecule has 154 valence electrons. The molecule has 2 heterocycles. The molecule has 2 aromatic heterocycles. The fourth-order valence-corrected chi connectivity index (χ4v) is 3.08. The summed E-state index contributed by atoms with van der Waals surface area (Å²) >= 11 is 0. The molecule has 0 radical (unpaired) electrons. The first-order valence-corrected chi connectivity index (χ1v) is 9.83. The maximum atomic E-state index is 12.4. The molecule has 4 rings (SSSR count). The Balaban J connectivity index is 1.44. The molecular formula is C22H24N6O2. The number of rotatable bonds is 8. The normalized spacial score (nSPS) is 10.9. The minimum Gasteiger partial charge on any atom is -0.497 e. The van der Waals surface area contributed by atoms with E-state index < -0.39 is 0 Å². The lowest BCUT2D eigenvalue weighted by Gasteiger charge is -2.06. The van der Waals surface area contributed by atoms with Gasteiger partial charge in [0.2, 0.25) is 5.95 Å². The maximum absolute atomic E-state index is 12.4. The number of aryl methyl sites for hydroxylation is 1. The molecule has 0 aliphatic heterocycles. The summed E-state index contributed by atoms with van der Waals surface area (Å²) in [5.41, 5.74) is 3.76. The van der Waals surface area contributed by atoms with Gasteiger partial charge in [0.25, 0.3) is 11.3 Å². The molecule has 0 atom stereocenters. The van der Waals surface area contributed by atoms with E-state index in [0.717, 1.165) is 23.4 Å². The summed E-state index contributed by atoms with van der Waals surface area (Å²) in [6.45, 7) is 3.12. The van der Waals surface area contributed by atoms with Crippen molar-refractivity contribution in [3.63, 3.8) is 0 Å². The number of hydrogen-bond donors (Lipinski definition) is 3. The average molecular weight is 404 g/mol. The zero-order valence-electron chi connectivity index (χ0n) is 17.0. The van der Waals surface area contributed by atoms with Crippen LogP contribution >= 0.6 is 0 Å². The zero-order valence-corrected chi connectivity index (χ0v) is 17.0. The summed E-state index contributed by atoms with van der Waals surface area (Å²) in [4.78, 5) is 21.3. The van der Waals surface area contributed by atoms with Crippen LogP contribution < -0.4 is 20.9 Å². The van der Waals surface area contributed by atoms with Gasteiger partial charge in [-0.25, -0.2) is 4.98 Å². The van der Waals surface area contributed by atoms with Crippen LogP contribution in [-0.2, 0) is 19.5 Å². The van der Waals surface area contributed by atoms with Crippen molar-refractivity contribution in [2.24, 2.45) is 0 Å². The Morgan fingerprint density at radius 2 is 1.70 bits per heavy atom. The van der Waals surface area contributed by atoms with Crippen molar-refractivity contribution in [1.29, 1.82) is 0 Å². The lowest BCUT2D eigenvalue weighted by molar-refractivity contribution is 0.414. The number of fused-ring (bicyclic) bond motifs is 1. The summed E-state index contributed by atoms with van der Waals surface area (Å²) in [6, 6.07) is 17.5. The van der Waals surface area contributed by atoms with Gasteiger partial charge < -0.3 is 15.4 Å². The molecule has 2 aromatic carbocycles. The number of benzene rings is 2. The van der Waals surface area contributed by atoms with Gasteiger partial charge in [0, 0.05) is 18.3 Å². The summed E-state index contributed by atoms with van der Waals surface area (Å²) in [5, 5.41) is 9.42. The van der Waals surface area contributed by atoms with Crippen molar-refractivity contribution in [3.05, 3.63) is 81.8 Å². The zero-order chi connectivity index (χ0) is 20.9. The minimum absolute atomic E-state index is 0.205. The molecule has 0 unspecified atom stereocenters. The highest BCUT2D eigenvalue weighted by molar-refractivity contribution is 5.45. The molecule has 0 aliphatic rings. The van der Waals surface area contributed by atoms with E-state index in [1.807, 2.05) is 36.4 Å². The molecule has 0 fully saturated rings. The van der Waals surface area contributed by atoms with Gasteiger partial charge in [0.15, 0.2) is 0 Å². The largest absolute Gasteiger partial charge is 0.497 e. The van der Waals surface area contributed by atoms with Crippen molar-refractivity contribution in [2.45, 2.75) is 26.4 Å². The van der Waals surface area contributed by atoms with E-state index in [1.165, 1.54) is 16.1 Å². The van der Waals surface area contributed by atoms with E-state index >= 15 is 0 Å². The molecule has 0 amide bonds. The summed E-state index contributed by atoms with van der Waals surface area (Å²) in [7, 11) is 1.64. The number of nitrogens with one attached hydrogen (secondary N) is 3. The molecule has 8 heteroatoms. The van der Waals surface area contributed by atoms with Crippen molar-refractivity contribution in [2.75, 3.05) is 17.7 Å². The molecule has 30 heavy (non-hydrogen) atoms. The molecule has 4 aromatic rings. The number of anilines is 2. The highest BCUT2D eigenvalue weighted by Gasteiger charge is 2.08. The van der Waals surface area contributed by atoms with Gasteiger partial charge in [-0.05, 0) is 41.8 Å². The van der Waals surface area contributed by atoms with Crippen molar-refractivity contribution in [3.8, 4) is 5.75 Å². The fourth-order valence-electron chi connectivity index (χ4n) is 3.08. The van der Waals surface area contributed by atoms with Crippen molar-refractivity contribution in [1.82, 2.24) is 19.6 Å². The van der Waals surface area contributed by atoms with Gasteiger partial charge in [0.1, 0.15) is 5.75 Å². The van der Waals surface area contributed by atoms with Crippen LogP contribution in [0.5, 0.6) is 5.75 Å². The Bertz CT molecular complexity index is 1180. The Morgan fingerprint density at radius 1 is 0.967 bits per heavy atom. The van der Waals surface area contributed by atoms with E-state index in [9.17, 15) is 4.79 Å². The van der Waals surface area contributed by atoms with E-state index in [4.69, 9.17) is 4.74 Å². The van der Waals surface area contributed by atoms with Crippen LogP contribution in [0, 0.1) is 0 Å². The van der Waals surface area contributed by atoms with Gasteiger partial charge in [-0.2, -0.15) is 9.50 Å². The van der Waals surface area contributed by atoms with Gasteiger partial charge in [-0.3, -0.25) is 9.89 Å². The van der Waals surface area contributed by atoms with Crippen molar-refractivity contribution >= 4 is 17.4 Å². The molecule has 0 saturated carbocycles. The van der Waals surface area contributed by atoms with Gasteiger partial charge >= 0.3 is 0 Å². The van der Waals surface area contributed by atoms with Crippen LogP contribution in [0.3, 0.4) is 0 Å². The fraction of sp³-hybridized carbons (Fsp3) is 0.227. The Labute approximate surface area is 173 Å². The second kappa shape index (κ2) is 8.69. The third-order valence-corrected chi connectivity index (χ3v) is 4.84. The second-order valence-corrected chi connectivity index (χ2v) is 6.90. The number of aromatic nitrogens is 4. The number of hydrogen-bond acceptors (Lipinski definition) is 6. The number of aromatic amines is 1. The molecular weight excluding hydrogens is 380 g/mol. The highest BCUT2D eigenvalue weighted by Crippen LogP contribution is 2.13. The third kappa shape index (κ3) is 4.43. The first-order chi connectivity index (χ1) is 14.6. The van der Waals surface area contributed by atoms with Gasteiger partial charge in [-0.1, -0.05) is 31.2 Å². The standard InChI is InChI=1S/C22H24N6O2/c1-3-15-4-8-17(9-5-15)23-14-18-12-20(29)28-22(25-18)26-21(27-28)24-13-16-6-10-19(30-2)11-7-16/h4-12,23H,3,13-14H2,1-2H3,(H2,24,25,26,27). The maximum Gasteiger partial charge on any atom is 0.274 e. The number of H-pyrrole nitrogens is 1. The first kappa shape index (κ1) is 19.5. The highest BCUT2D eigenvalue weighted by atomic mass is 16.5. The summed E-state index contributed by atoms with van der Waals surface area (Å²) < 4.78 is 6.49. The predicted molar refractivity (Wildman–Crippen MR) is 117 cm³/mol. The number of methoxy groups -OCH3 is 1. The molecule has 0 bridgehead atoms. The van der Waals surface area contributed by atoms with Gasteiger partial charge in [0.05, 0.1) is 19.3 Å². The topological polar surface area (TPSA) is 96.3 Å². The molecule has 8 nitrogen and oxygen atoms in total. The molecule has 0 aliphatic carbocycles. The number of ether oxygens (including phenoxy) is 1. The number of nitrogens with zero attached hydrogens (tertiary/aromatic N) is 3. The Hall–Kier alpha value is -3.81. The van der Waals surface area contributed by atoms with Crippen LogP contribution in [0.4, 0.5) is 11.6 Å². The molecule has 0 saturated heterocycles. The molecule has 3 N–H and O–H groups in total. The molecule has 0 spiro atoms. The van der Waals surface area contributed by atoms with Crippen LogP contribution in [0.25, 0.3) is 5.78 Å². The van der Waals surface area contributed by atoms with Crippen LogP contribution in [-0.4, -0.2) is 26.7 Å². The average Bonchev–Trinajstić information content (AvgIpc) is 3.20. The van der Waals surface area contributed by atoms with E-state index in [0.29, 0.717) is 30.5 Å². The summed E-state index contributed by atoms with van der Waals surface area (Å²) in [6.07, 6.45) is 1.00. The van der Waals surface area contributed by atoms with Crippen LogP contribution in [0.2, 0.25) is 0 Å². The first-order valence-electron chi connectivity index (χ1n) is 9.83. The lowest BCUT2D eigenvalue weighted by atomic mass is 10.1. The minimum atomic E-state index is -0.205. The van der Waals surface area contributed by atoms with E-state index in [1.54, 1.807) is 7.11 Å². The van der Waals surface area contributed by atoms with Gasteiger partial charge in [-0.15, -0.1) is 0 Å². The third-order valence-electron chi connectivity index (χ3n) is 4.84. The van der Waals surface area contributed by atoms with Crippen molar-refractivity contribution < 1.29 is 4.74 Å². The smallest absolute Gasteiger partial charge is 0.274 e. The predicted octanol–water partition coefficient (Wildman–Crippen LogP) is 3.21. The SMILES string of the molecule is CCc1ccc(NCc2cc(=O)n3[nH]c(NCc4ccc(OC)cc4)nc3n2)cc1. The summed E-state index contributed by atoms with van der Waals surface area (Å²) in [5.74, 6) is 1.62. The monoisotopic (exact) mass is 404 g/mol. The Kier molecular flexibility index (Phi) is 5.65. The van der Waals surface area contributed by atoms with Crippen LogP contribution in [0.15, 0.2) is 59.4 Å². The van der Waals surface area contributed by atoms with Crippen LogP contribution in [0.1, 0.15) is 23.7 Å². The van der Waals surface area contributed by atoms with E-state index in [-0.39, 0.29) is 5.56 Å². The second-order valence-electron chi connectivity index (χ2n) is 6.90.